The fraction of sp³-hybridized carbons (Fsp3) is 0.355. The summed E-state index contributed by atoms with van der Waals surface area (Å²) in [5.41, 5.74) is 3.20. The Morgan fingerprint density at radius 1 is 0.946 bits per heavy atom. The van der Waals surface area contributed by atoms with Crippen LogP contribution in [0, 0.1) is 12.8 Å². The minimum Gasteiger partial charge on any atom is -0.354 e. The first-order chi connectivity index (χ1) is 17.8. The van der Waals surface area contributed by atoms with Gasteiger partial charge >= 0.3 is 0 Å². The first kappa shape index (κ1) is 28.8. The molecule has 2 amide bonds. The normalized spacial score (nSPS) is 11.8. The van der Waals surface area contributed by atoms with Crippen molar-refractivity contribution < 1.29 is 9.59 Å². The Bertz CT molecular complexity index is 1140. The Morgan fingerprint density at radius 2 is 1.62 bits per heavy atom. The summed E-state index contributed by atoms with van der Waals surface area (Å²) in [6, 6.07) is 25.2. The van der Waals surface area contributed by atoms with Gasteiger partial charge < -0.3 is 10.2 Å². The summed E-state index contributed by atoms with van der Waals surface area (Å²) in [5.74, 6) is 1.04. The summed E-state index contributed by atoms with van der Waals surface area (Å²) in [6.07, 6.45) is 1.58. The SMILES string of the molecule is Cc1ccccc1CN(C(=O)CCCSc1ccc(Cl)cc1)C(Cc1ccccc1)C(=O)NCC(C)C. The van der Waals surface area contributed by atoms with Crippen LogP contribution in [0.2, 0.25) is 5.02 Å². The van der Waals surface area contributed by atoms with Crippen LogP contribution in [0.4, 0.5) is 0 Å². The van der Waals surface area contributed by atoms with Crippen molar-refractivity contribution in [3.63, 3.8) is 0 Å². The first-order valence-corrected chi connectivity index (χ1v) is 14.2. The second-order valence-electron chi connectivity index (χ2n) is 9.70. The van der Waals surface area contributed by atoms with Crippen molar-refractivity contribution in [3.05, 3.63) is 101 Å². The third-order valence-corrected chi connectivity index (χ3v) is 7.53. The van der Waals surface area contributed by atoms with Crippen molar-refractivity contribution >= 4 is 35.2 Å². The van der Waals surface area contributed by atoms with E-state index in [2.05, 4.69) is 19.2 Å². The Hall–Kier alpha value is -2.76. The van der Waals surface area contributed by atoms with Crippen molar-refractivity contribution in [1.29, 1.82) is 0 Å². The lowest BCUT2D eigenvalue weighted by Crippen LogP contribution is -2.51. The van der Waals surface area contributed by atoms with Crippen LogP contribution in [-0.4, -0.2) is 35.1 Å². The largest absolute Gasteiger partial charge is 0.354 e. The monoisotopic (exact) mass is 536 g/mol. The van der Waals surface area contributed by atoms with E-state index in [0.29, 0.717) is 36.9 Å². The fourth-order valence-electron chi connectivity index (χ4n) is 4.04. The Balaban J connectivity index is 1.79. The van der Waals surface area contributed by atoms with Gasteiger partial charge in [-0.05, 0) is 66.0 Å². The van der Waals surface area contributed by atoms with Crippen LogP contribution in [0.1, 0.15) is 43.4 Å². The fourth-order valence-corrected chi connectivity index (χ4v) is 5.01. The highest BCUT2D eigenvalue weighted by molar-refractivity contribution is 7.99. The van der Waals surface area contributed by atoms with Crippen LogP contribution >= 0.6 is 23.4 Å². The van der Waals surface area contributed by atoms with Gasteiger partial charge in [0.1, 0.15) is 6.04 Å². The molecule has 4 nitrogen and oxygen atoms in total. The van der Waals surface area contributed by atoms with E-state index in [4.69, 9.17) is 11.6 Å². The van der Waals surface area contributed by atoms with Gasteiger partial charge in [0.2, 0.25) is 11.8 Å². The van der Waals surface area contributed by atoms with Crippen molar-refractivity contribution in [2.75, 3.05) is 12.3 Å². The molecule has 3 aromatic rings. The van der Waals surface area contributed by atoms with Crippen LogP contribution in [0.25, 0.3) is 0 Å². The molecule has 1 atom stereocenters. The quantitative estimate of drug-likeness (QED) is 0.190. The molecule has 0 aliphatic carbocycles. The average Bonchev–Trinajstić information content (AvgIpc) is 2.89. The predicted molar refractivity (Wildman–Crippen MR) is 155 cm³/mol. The molecule has 196 valence electrons. The molecule has 0 aliphatic heterocycles. The van der Waals surface area contributed by atoms with Gasteiger partial charge in [-0.1, -0.05) is 80.0 Å². The highest BCUT2D eigenvalue weighted by Gasteiger charge is 2.30. The zero-order valence-corrected chi connectivity index (χ0v) is 23.5. The topological polar surface area (TPSA) is 49.4 Å². The van der Waals surface area contributed by atoms with Crippen molar-refractivity contribution in [3.8, 4) is 0 Å². The number of aryl methyl sites for hydroxylation is 1. The van der Waals surface area contributed by atoms with Crippen molar-refractivity contribution in [1.82, 2.24) is 10.2 Å². The van der Waals surface area contributed by atoms with Crippen LogP contribution in [-0.2, 0) is 22.6 Å². The molecule has 0 bridgehead atoms. The zero-order chi connectivity index (χ0) is 26.6. The van der Waals surface area contributed by atoms with Crippen molar-refractivity contribution in [2.45, 2.75) is 57.5 Å². The van der Waals surface area contributed by atoms with Gasteiger partial charge in [-0.25, -0.2) is 0 Å². The number of rotatable bonds is 13. The lowest BCUT2D eigenvalue weighted by Gasteiger charge is -2.32. The van der Waals surface area contributed by atoms with E-state index in [1.807, 2.05) is 85.8 Å². The molecule has 0 aromatic heterocycles. The summed E-state index contributed by atoms with van der Waals surface area (Å²) >= 11 is 7.70. The highest BCUT2D eigenvalue weighted by Crippen LogP contribution is 2.23. The third kappa shape index (κ3) is 9.56. The van der Waals surface area contributed by atoms with Crippen LogP contribution in [0.5, 0.6) is 0 Å². The molecular weight excluding hydrogens is 500 g/mol. The molecule has 3 rings (SSSR count). The number of benzene rings is 3. The third-order valence-electron chi connectivity index (χ3n) is 6.17. The molecule has 0 spiro atoms. The van der Waals surface area contributed by atoms with E-state index in [9.17, 15) is 9.59 Å². The molecule has 0 fully saturated rings. The number of amides is 2. The number of thioether (sulfide) groups is 1. The molecule has 6 heteroatoms. The molecule has 0 radical (unpaired) electrons. The minimum atomic E-state index is -0.586. The molecule has 1 unspecified atom stereocenters. The number of hydrogen-bond donors (Lipinski definition) is 1. The predicted octanol–water partition coefficient (Wildman–Crippen LogP) is 6.93. The summed E-state index contributed by atoms with van der Waals surface area (Å²) in [5, 5.41) is 3.80. The molecule has 3 aromatic carbocycles. The smallest absolute Gasteiger partial charge is 0.243 e. The van der Waals surface area contributed by atoms with Crippen LogP contribution in [0.15, 0.2) is 83.8 Å². The Morgan fingerprint density at radius 3 is 2.30 bits per heavy atom. The standard InChI is InChI=1S/C31H37ClN2O2S/c1-23(2)21-33-31(36)29(20-25-11-5-4-6-12-25)34(22-26-13-8-7-10-24(26)3)30(35)14-9-19-37-28-17-15-27(32)16-18-28/h4-8,10-13,15-18,23,29H,9,14,19-22H2,1-3H3,(H,33,36). The summed E-state index contributed by atoms with van der Waals surface area (Å²) in [4.78, 5) is 30.1. The number of halogens is 1. The van der Waals surface area contributed by atoms with E-state index in [1.165, 1.54) is 0 Å². The van der Waals surface area contributed by atoms with Crippen LogP contribution < -0.4 is 5.32 Å². The number of nitrogens with one attached hydrogen (secondary N) is 1. The molecule has 0 saturated heterocycles. The van der Waals surface area contributed by atoms with E-state index < -0.39 is 6.04 Å². The maximum absolute atomic E-state index is 13.7. The van der Waals surface area contributed by atoms with Crippen molar-refractivity contribution in [2.24, 2.45) is 5.92 Å². The average molecular weight is 537 g/mol. The second-order valence-corrected chi connectivity index (χ2v) is 11.3. The summed E-state index contributed by atoms with van der Waals surface area (Å²) in [6.45, 7) is 7.17. The van der Waals surface area contributed by atoms with Gasteiger partial charge in [0, 0.05) is 35.8 Å². The number of hydrogen-bond acceptors (Lipinski definition) is 3. The van der Waals surface area contributed by atoms with E-state index in [1.54, 1.807) is 16.7 Å². The highest BCUT2D eigenvalue weighted by atomic mass is 35.5. The molecule has 37 heavy (non-hydrogen) atoms. The summed E-state index contributed by atoms with van der Waals surface area (Å²) in [7, 11) is 0. The van der Waals surface area contributed by atoms with Gasteiger partial charge in [0.15, 0.2) is 0 Å². The maximum Gasteiger partial charge on any atom is 0.243 e. The Kier molecular flexibility index (Phi) is 11.6. The Labute approximate surface area is 230 Å². The number of nitrogens with zero attached hydrogens (tertiary/aromatic N) is 1. The van der Waals surface area contributed by atoms with Gasteiger partial charge in [-0.2, -0.15) is 0 Å². The number of carbonyl (C=O) groups excluding carboxylic acids is 2. The van der Waals surface area contributed by atoms with Crippen LogP contribution in [0.3, 0.4) is 0 Å². The molecule has 1 N–H and O–H groups in total. The van der Waals surface area contributed by atoms with Gasteiger partial charge in [0.25, 0.3) is 0 Å². The summed E-state index contributed by atoms with van der Waals surface area (Å²) < 4.78 is 0. The van der Waals surface area contributed by atoms with E-state index in [-0.39, 0.29) is 11.8 Å². The molecular formula is C31H37ClN2O2S. The van der Waals surface area contributed by atoms with Gasteiger partial charge in [-0.3, -0.25) is 9.59 Å². The second kappa shape index (κ2) is 14.8. The lowest BCUT2D eigenvalue weighted by molar-refractivity contribution is -0.141. The lowest BCUT2D eigenvalue weighted by atomic mass is 10.0. The molecule has 0 aliphatic rings. The van der Waals surface area contributed by atoms with Gasteiger partial charge in [-0.15, -0.1) is 11.8 Å². The zero-order valence-electron chi connectivity index (χ0n) is 22.0. The van der Waals surface area contributed by atoms with E-state index >= 15 is 0 Å². The molecule has 0 heterocycles. The molecule has 0 saturated carbocycles. The first-order valence-electron chi connectivity index (χ1n) is 12.9. The maximum atomic E-state index is 13.7. The number of carbonyl (C=O) groups is 2. The minimum absolute atomic E-state index is 0.000544. The van der Waals surface area contributed by atoms with Gasteiger partial charge in [0.05, 0.1) is 0 Å². The van der Waals surface area contributed by atoms with E-state index in [0.717, 1.165) is 33.8 Å².